The molecule has 1 N–H and O–H groups in total. The molecule has 5 aliphatic rings. The molecule has 4 aliphatic carbocycles. The van der Waals surface area contributed by atoms with Crippen molar-refractivity contribution in [3.63, 3.8) is 0 Å². The molecule has 6 rings (SSSR count). The Bertz CT molecular complexity index is 920. The van der Waals surface area contributed by atoms with Gasteiger partial charge in [-0.25, -0.2) is 12.7 Å². The van der Waals surface area contributed by atoms with Gasteiger partial charge in [0.1, 0.15) is 11.4 Å². The number of carbonyl (C=O) groups excluding carboxylic acids is 2. The molecular weight excluding hydrogens is 376 g/mol. The van der Waals surface area contributed by atoms with Crippen LogP contribution >= 0.6 is 0 Å². The van der Waals surface area contributed by atoms with E-state index < -0.39 is 28.4 Å². The van der Waals surface area contributed by atoms with Crippen molar-refractivity contribution < 1.29 is 18.0 Å². The van der Waals surface area contributed by atoms with Gasteiger partial charge >= 0.3 is 0 Å². The maximum Gasteiger partial charge on any atom is 0.269 e. The summed E-state index contributed by atoms with van der Waals surface area (Å²) in [5.41, 5.74) is 0.283. The average molecular weight is 403 g/mol. The average Bonchev–Trinajstić information content (AvgIpc) is 2.82. The molecule has 0 radical (unpaired) electrons. The summed E-state index contributed by atoms with van der Waals surface area (Å²) in [6.45, 7) is 1.60. The van der Waals surface area contributed by atoms with E-state index in [1.807, 2.05) is 0 Å². The van der Waals surface area contributed by atoms with E-state index in [9.17, 15) is 18.0 Å². The van der Waals surface area contributed by atoms with Crippen LogP contribution in [-0.4, -0.2) is 37.1 Å². The molecular formula is C21H26N2O4S. The molecule has 0 unspecified atom stereocenters. The highest BCUT2D eigenvalue weighted by Crippen LogP contribution is 2.61. The zero-order valence-corrected chi connectivity index (χ0v) is 16.9. The summed E-state index contributed by atoms with van der Waals surface area (Å²) in [6.07, 6.45) is 7.47. The van der Waals surface area contributed by atoms with Crippen molar-refractivity contribution in [2.75, 3.05) is 6.54 Å². The molecule has 28 heavy (non-hydrogen) atoms. The van der Waals surface area contributed by atoms with Crippen LogP contribution in [-0.2, 0) is 14.8 Å². The summed E-state index contributed by atoms with van der Waals surface area (Å²) in [4.78, 5) is 25.2. The standard InChI is InChI=1S/C21H26N2O4S/c1-13(21-9-14-6-15(10-21)8-16(7-14)11-21)22-19(24)12-23-20(25)17-4-2-3-5-18(17)28(23,26)27/h2-5,13-16H,6-12H2,1H3,(H,22,24)/t13-,14?,15?,16?,21?/m0/s1. The SMILES string of the molecule is C[C@H](NC(=O)CN1C(=O)c2ccccc2S1(=O)=O)C12CC3CC(CC(C3)C1)C2. The predicted molar refractivity (Wildman–Crippen MR) is 103 cm³/mol. The van der Waals surface area contributed by atoms with Gasteiger partial charge in [0, 0.05) is 6.04 Å². The normalized spacial score (nSPS) is 35.7. The van der Waals surface area contributed by atoms with Gasteiger partial charge in [-0.2, -0.15) is 0 Å². The highest BCUT2D eigenvalue weighted by molar-refractivity contribution is 7.90. The van der Waals surface area contributed by atoms with Crippen LogP contribution in [0.5, 0.6) is 0 Å². The van der Waals surface area contributed by atoms with E-state index in [1.54, 1.807) is 12.1 Å². The maximum atomic E-state index is 12.7. The molecule has 1 heterocycles. The van der Waals surface area contributed by atoms with E-state index >= 15 is 0 Å². The maximum absolute atomic E-state index is 12.7. The van der Waals surface area contributed by atoms with Gasteiger partial charge in [-0.05, 0) is 80.8 Å². The van der Waals surface area contributed by atoms with Gasteiger partial charge in [-0.15, -0.1) is 0 Å². The van der Waals surface area contributed by atoms with Gasteiger partial charge in [0.05, 0.1) is 5.56 Å². The van der Waals surface area contributed by atoms with Crippen LogP contribution in [0.3, 0.4) is 0 Å². The number of sulfonamides is 1. The second-order valence-electron chi connectivity index (χ2n) is 9.38. The van der Waals surface area contributed by atoms with E-state index in [0.29, 0.717) is 4.31 Å². The van der Waals surface area contributed by atoms with E-state index in [0.717, 1.165) is 37.0 Å². The Morgan fingerprint density at radius 2 is 1.71 bits per heavy atom. The Labute approximate surface area is 165 Å². The van der Waals surface area contributed by atoms with Crippen molar-refractivity contribution in [1.29, 1.82) is 0 Å². The van der Waals surface area contributed by atoms with Crippen LogP contribution in [0.2, 0.25) is 0 Å². The first-order valence-electron chi connectivity index (χ1n) is 10.2. The van der Waals surface area contributed by atoms with Crippen molar-refractivity contribution in [3.05, 3.63) is 29.8 Å². The monoisotopic (exact) mass is 402 g/mol. The zero-order chi connectivity index (χ0) is 19.7. The first-order valence-corrected chi connectivity index (χ1v) is 11.7. The molecule has 0 saturated heterocycles. The van der Waals surface area contributed by atoms with Crippen LogP contribution in [0.4, 0.5) is 0 Å². The molecule has 2 amide bonds. The number of nitrogens with one attached hydrogen (secondary N) is 1. The fourth-order valence-corrected chi connectivity index (χ4v) is 8.19. The van der Waals surface area contributed by atoms with Gasteiger partial charge in [-0.1, -0.05) is 12.1 Å². The Morgan fingerprint density at radius 1 is 1.14 bits per heavy atom. The first kappa shape index (κ1) is 18.2. The molecule has 1 aromatic carbocycles. The Hall–Kier alpha value is -1.89. The Balaban J connectivity index is 1.30. The third-order valence-corrected chi connectivity index (χ3v) is 9.37. The highest BCUT2D eigenvalue weighted by Gasteiger charge is 2.53. The molecule has 1 aliphatic heterocycles. The Kier molecular flexibility index (Phi) is 3.92. The van der Waals surface area contributed by atoms with Gasteiger partial charge in [0.25, 0.3) is 15.9 Å². The van der Waals surface area contributed by atoms with Gasteiger partial charge in [0.15, 0.2) is 0 Å². The van der Waals surface area contributed by atoms with Crippen molar-refractivity contribution >= 4 is 21.8 Å². The summed E-state index contributed by atoms with van der Waals surface area (Å²) in [7, 11) is -3.95. The fourth-order valence-electron chi connectivity index (χ4n) is 6.67. The zero-order valence-electron chi connectivity index (χ0n) is 16.1. The van der Waals surface area contributed by atoms with E-state index in [-0.39, 0.29) is 21.9 Å². The number of hydrogen-bond acceptors (Lipinski definition) is 4. The second-order valence-corrected chi connectivity index (χ2v) is 11.2. The van der Waals surface area contributed by atoms with Crippen LogP contribution < -0.4 is 5.32 Å². The lowest BCUT2D eigenvalue weighted by Gasteiger charge is -2.59. The minimum absolute atomic E-state index is 0.00353. The lowest BCUT2D eigenvalue weighted by atomic mass is 9.48. The smallest absolute Gasteiger partial charge is 0.269 e. The summed E-state index contributed by atoms with van der Waals surface area (Å²) >= 11 is 0. The van der Waals surface area contributed by atoms with Crippen molar-refractivity contribution in [2.24, 2.45) is 23.2 Å². The quantitative estimate of drug-likeness (QED) is 0.839. The number of nitrogens with zero attached hydrogens (tertiary/aromatic N) is 1. The number of carbonyl (C=O) groups is 2. The summed E-state index contributed by atoms with van der Waals surface area (Å²) < 4.78 is 26.0. The minimum atomic E-state index is -3.95. The molecule has 150 valence electrons. The predicted octanol–water partition coefficient (Wildman–Crippen LogP) is 2.55. The number of hydrogen-bond donors (Lipinski definition) is 1. The largest absolute Gasteiger partial charge is 0.352 e. The van der Waals surface area contributed by atoms with Gasteiger partial charge in [-0.3, -0.25) is 9.59 Å². The molecule has 0 aromatic heterocycles. The van der Waals surface area contributed by atoms with Crippen LogP contribution in [0.1, 0.15) is 55.8 Å². The lowest BCUT2D eigenvalue weighted by molar-refractivity contribution is -0.125. The van der Waals surface area contributed by atoms with Crippen LogP contribution in [0.25, 0.3) is 0 Å². The highest BCUT2D eigenvalue weighted by atomic mass is 32.2. The van der Waals surface area contributed by atoms with Crippen molar-refractivity contribution in [1.82, 2.24) is 9.62 Å². The number of fused-ring (bicyclic) bond motifs is 1. The van der Waals surface area contributed by atoms with Gasteiger partial charge in [0.2, 0.25) is 5.91 Å². The minimum Gasteiger partial charge on any atom is -0.352 e. The van der Waals surface area contributed by atoms with Gasteiger partial charge < -0.3 is 5.32 Å². The van der Waals surface area contributed by atoms with E-state index in [4.69, 9.17) is 0 Å². The molecule has 1 atom stereocenters. The molecule has 4 fully saturated rings. The number of amides is 2. The van der Waals surface area contributed by atoms with Crippen molar-refractivity contribution in [3.8, 4) is 0 Å². The molecule has 7 heteroatoms. The first-order chi connectivity index (χ1) is 13.3. The van der Waals surface area contributed by atoms with Crippen LogP contribution in [0.15, 0.2) is 29.2 Å². The molecule has 6 nitrogen and oxygen atoms in total. The number of rotatable bonds is 4. The summed E-state index contributed by atoms with van der Waals surface area (Å²) in [6, 6.07) is 6.12. The third kappa shape index (κ3) is 2.62. The Morgan fingerprint density at radius 3 is 2.29 bits per heavy atom. The van der Waals surface area contributed by atoms with E-state index in [1.165, 1.54) is 31.4 Å². The molecule has 4 bridgehead atoms. The van der Waals surface area contributed by atoms with Crippen LogP contribution in [0, 0.1) is 23.2 Å². The molecule has 0 spiro atoms. The number of benzene rings is 1. The second kappa shape index (κ2) is 6.05. The third-order valence-electron chi connectivity index (χ3n) is 7.58. The summed E-state index contributed by atoms with van der Waals surface area (Å²) in [5, 5.41) is 3.05. The van der Waals surface area contributed by atoms with Crippen molar-refractivity contribution in [2.45, 2.75) is 56.4 Å². The lowest BCUT2D eigenvalue weighted by Crippen LogP contribution is -2.56. The molecule has 4 saturated carbocycles. The fraction of sp³-hybridized carbons (Fsp3) is 0.619. The summed E-state index contributed by atoms with van der Waals surface area (Å²) in [5.74, 6) is 1.32. The molecule has 1 aromatic rings. The topological polar surface area (TPSA) is 83.6 Å². The van der Waals surface area contributed by atoms with E-state index in [2.05, 4.69) is 12.2 Å².